The molecule has 2 aromatic heterocycles. The van der Waals surface area contributed by atoms with Crippen LogP contribution < -0.4 is 5.32 Å². The summed E-state index contributed by atoms with van der Waals surface area (Å²) in [6.45, 7) is 0. The predicted molar refractivity (Wildman–Crippen MR) is 77.1 cm³/mol. The molecule has 0 spiro atoms. The Morgan fingerprint density at radius 3 is 2.43 bits per heavy atom. The van der Waals surface area contributed by atoms with Crippen LogP contribution in [0.15, 0.2) is 61.1 Å². The maximum Gasteiger partial charge on any atom is 0.166 e. The Morgan fingerprint density at radius 2 is 1.71 bits per heavy atom. The number of hydrogen-bond donors (Lipinski definition) is 1. The summed E-state index contributed by atoms with van der Waals surface area (Å²) in [5.74, 6) is -1.12. The number of anilines is 2. The molecule has 1 N–H and O–H groups in total. The Hall–Kier alpha value is -2.82. The summed E-state index contributed by atoms with van der Waals surface area (Å²) in [5, 5.41) is 3.09. The molecular formula is C16H11F2N3. The average molecular weight is 283 g/mol. The second kappa shape index (κ2) is 5.66. The molecule has 0 unspecified atom stereocenters. The number of nitrogens with zero attached hydrogens (tertiary/aromatic N) is 2. The van der Waals surface area contributed by atoms with Crippen molar-refractivity contribution >= 4 is 11.5 Å². The van der Waals surface area contributed by atoms with E-state index in [-0.39, 0.29) is 5.56 Å². The van der Waals surface area contributed by atoms with Crippen LogP contribution >= 0.6 is 0 Å². The molecule has 3 aromatic rings. The summed E-state index contributed by atoms with van der Waals surface area (Å²) in [5.41, 5.74) is 1.56. The lowest BCUT2D eigenvalue weighted by atomic mass is 10.1. The summed E-state index contributed by atoms with van der Waals surface area (Å²) in [4.78, 5) is 8.12. The number of halogens is 2. The number of pyridine rings is 2. The van der Waals surface area contributed by atoms with Crippen LogP contribution in [0.1, 0.15) is 0 Å². The van der Waals surface area contributed by atoms with Crippen LogP contribution in [-0.4, -0.2) is 9.97 Å². The van der Waals surface area contributed by atoms with Crippen molar-refractivity contribution in [2.24, 2.45) is 0 Å². The van der Waals surface area contributed by atoms with Gasteiger partial charge in [-0.05, 0) is 30.3 Å². The molecule has 5 heteroatoms. The Balaban J connectivity index is 1.86. The second-order valence-corrected chi connectivity index (χ2v) is 4.39. The number of rotatable bonds is 3. The van der Waals surface area contributed by atoms with E-state index in [1.54, 1.807) is 24.5 Å². The number of benzene rings is 1. The highest BCUT2D eigenvalue weighted by Crippen LogP contribution is 2.25. The van der Waals surface area contributed by atoms with Crippen molar-refractivity contribution in [3.05, 3.63) is 72.7 Å². The summed E-state index contributed by atoms with van der Waals surface area (Å²) in [6.07, 6.45) is 4.83. The number of hydrogen-bond acceptors (Lipinski definition) is 3. The van der Waals surface area contributed by atoms with Gasteiger partial charge in [0.15, 0.2) is 11.6 Å². The van der Waals surface area contributed by atoms with Crippen LogP contribution in [0.3, 0.4) is 0 Å². The first kappa shape index (κ1) is 13.2. The molecule has 0 aliphatic heterocycles. The predicted octanol–water partition coefficient (Wildman–Crippen LogP) is 4.17. The fraction of sp³-hybridized carbons (Fsp3) is 0. The lowest BCUT2D eigenvalue weighted by Gasteiger charge is -2.07. The topological polar surface area (TPSA) is 37.8 Å². The van der Waals surface area contributed by atoms with Crippen LogP contribution in [0.2, 0.25) is 0 Å². The molecule has 0 bridgehead atoms. The van der Waals surface area contributed by atoms with Gasteiger partial charge in [0, 0.05) is 35.4 Å². The summed E-state index contributed by atoms with van der Waals surface area (Å²) in [6, 6.07) is 11.1. The first-order valence-corrected chi connectivity index (χ1v) is 6.31. The van der Waals surface area contributed by atoms with Gasteiger partial charge in [0.2, 0.25) is 0 Å². The zero-order chi connectivity index (χ0) is 14.7. The average Bonchev–Trinajstić information content (AvgIpc) is 2.52. The van der Waals surface area contributed by atoms with Crippen molar-refractivity contribution in [2.75, 3.05) is 5.32 Å². The Morgan fingerprint density at radius 1 is 0.905 bits per heavy atom. The van der Waals surface area contributed by atoms with Crippen molar-refractivity contribution < 1.29 is 8.78 Å². The van der Waals surface area contributed by atoms with E-state index in [1.807, 2.05) is 12.1 Å². The van der Waals surface area contributed by atoms with Crippen LogP contribution in [0.5, 0.6) is 0 Å². The zero-order valence-electron chi connectivity index (χ0n) is 10.9. The molecule has 0 saturated heterocycles. The molecular weight excluding hydrogens is 272 g/mol. The summed E-state index contributed by atoms with van der Waals surface area (Å²) in [7, 11) is 0. The number of aromatic nitrogens is 2. The fourth-order valence-corrected chi connectivity index (χ4v) is 1.94. The molecule has 0 saturated carbocycles. The third-order valence-corrected chi connectivity index (χ3v) is 2.98. The monoisotopic (exact) mass is 283 g/mol. The Bertz CT molecular complexity index is 743. The smallest absolute Gasteiger partial charge is 0.166 e. The van der Waals surface area contributed by atoms with Crippen LogP contribution in [0.25, 0.3) is 11.1 Å². The molecule has 0 aliphatic rings. The quantitative estimate of drug-likeness (QED) is 0.784. The highest BCUT2D eigenvalue weighted by molar-refractivity contribution is 5.65. The minimum atomic E-state index is -0.869. The maximum absolute atomic E-state index is 13.7. The highest BCUT2D eigenvalue weighted by Gasteiger charge is 2.09. The minimum absolute atomic E-state index is 0.193. The van der Waals surface area contributed by atoms with Gasteiger partial charge in [-0.3, -0.25) is 4.98 Å². The molecule has 1 aromatic carbocycles. The van der Waals surface area contributed by atoms with E-state index < -0.39 is 11.6 Å². The molecule has 104 valence electrons. The Kier molecular flexibility index (Phi) is 3.55. The van der Waals surface area contributed by atoms with Gasteiger partial charge in [0.05, 0.1) is 0 Å². The van der Waals surface area contributed by atoms with Gasteiger partial charge in [-0.15, -0.1) is 0 Å². The van der Waals surface area contributed by atoms with Crippen molar-refractivity contribution in [1.82, 2.24) is 9.97 Å². The third-order valence-electron chi connectivity index (χ3n) is 2.98. The molecule has 3 nitrogen and oxygen atoms in total. The van der Waals surface area contributed by atoms with Gasteiger partial charge in [-0.1, -0.05) is 12.1 Å². The van der Waals surface area contributed by atoms with Crippen molar-refractivity contribution in [3.63, 3.8) is 0 Å². The van der Waals surface area contributed by atoms with E-state index >= 15 is 0 Å². The largest absolute Gasteiger partial charge is 0.340 e. The van der Waals surface area contributed by atoms with Gasteiger partial charge in [0.25, 0.3) is 0 Å². The Labute approximate surface area is 120 Å². The van der Waals surface area contributed by atoms with Crippen molar-refractivity contribution in [3.8, 4) is 11.1 Å². The lowest BCUT2D eigenvalue weighted by molar-refractivity contribution is 0.511. The standard InChI is InChI=1S/C16H11F2N3/c17-14-3-1-2-13(16(14)18)11-4-5-15(20-10-11)21-12-6-8-19-9-7-12/h1-10H,(H,19,20,21). The van der Waals surface area contributed by atoms with Crippen LogP contribution in [0, 0.1) is 11.6 Å². The SMILES string of the molecule is Fc1cccc(-c2ccc(Nc3ccncc3)nc2)c1F. The van der Waals surface area contributed by atoms with Gasteiger partial charge < -0.3 is 5.32 Å². The van der Waals surface area contributed by atoms with Gasteiger partial charge in [-0.2, -0.15) is 0 Å². The molecule has 0 aliphatic carbocycles. The fourth-order valence-electron chi connectivity index (χ4n) is 1.94. The maximum atomic E-state index is 13.7. The molecule has 0 radical (unpaired) electrons. The highest BCUT2D eigenvalue weighted by atomic mass is 19.2. The molecule has 0 amide bonds. The minimum Gasteiger partial charge on any atom is -0.340 e. The lowest BCUT2D eigenvalue weighted by Crippen LogP contribution is -1.94. The van der Waals surface area contributed by atoms with E-state index in [0.29, 0.717) is 11.4 Å². The summed E-state index contributed by atoms with van der Waals surface area (Å²) < 4.78 is 26.9. The van der Waals surface area contributed by atoms with E-state index in [0.717, 1.165) is 11.8 Å². The molecule has 0 fully saturated rings. The van der Waals surface area contributed by atoms with Crippen molar-refractivity contribution in [1.29, 1.82) is 0 Å². The third kappa shape index (κ3) is 2.86. The first-order chi connectivity index (χ1) is 10.2. The second-order valence-electron chi connectivity index (χ2n) is 4.39. The van der Waals surface area contributed by atoms with Gasteiger partial charge in [0.1, 0.15) is 5.82 Å². The normalized spacial score (nSPS) is 10.4. The summed E-state index contributed by atoms with van der Waals surface area (Å²) >= 11 is 0. The molecule has 21 heavy (non-hydrogen) atoms. The van der Waals surface area contributed by atoms with E-state index in [4.69, 9.17) is 0 Å². The van der Waals surface area contributed by atoms with Gasteiger partial charge >= 0.3 is 0 Å². The van der Waals surface area contributed by atoms with Crippen molar-refractivity contribution in [2.45, 2.75) is 0 Å². The molecule has 3 rings (SSSR count). The molecule has 2 heterocycles. The van der Waals surface area contributed by atoms with E-state index in [1.165, 1.54) is 18.3 Å². The van der Waals surface area contributed by atoms with E-state index in [2.05, 4.69) is 15.3 Å². The molecule has 0 atom stereocenters. The number of nitrogens with one attached hydrogen (secondary N) is 1. The van der Waals surface area contributed by atoms with Crippen LogP contribution in [0.4, 0.5) is 20.3 Å². The van der Waals surface area contributed by atoms with Crippen LogP contribution in [-0.2, 0) is 0 Å². The van der Waals surface area contributed by atoms with E-state index in [9.17, 15) is 8.78 Å². The van der Waals surface area contributed by atoms with Gasteiger partial charge in [-0.25, -0.2) is 13.8 Å². The first-order valence-electron chi connectivity index (χ1n) is 6.31. The zero-order valence-corrected chi connectivity index (χ0v) is 10.9.